The van der Waals surface area contributed by atoms with Gasteiger partial charge in [0.25, 0.3) is 0 Å². The molecule has 1 aromatic carbocycles. The molecule has 2 heterocycles. The highest BCUT2D eigenvalue weighted by atomic mass is 19.1. The highest BCUT2D eigenvalue weighted by molar-refractivity contribution is 6.00. The molecule has 0 aliphatic rings. The molecular formula is C16H13F2N5O2. The number of aromatic nitrogens is 4. The minimum atomic E-state index is -1.56. The molecule has 0 aliphatic carbocycles. The summed E-state index contributed by atoms with van der Waals surface area (Å²) in [6.45, 7) is 3.78. The Hall–Kier alpha value is -3.10. The summed E-state index contributed by atoms with van der Waals surface area (Å²) in [6, 6.07) is 3.86. The first kappa shape index (κ1) is 16.7. The van der Waals surface area contributed by atoms with E-state index in [1.165, 1.54) is 16.6 Å². The maximum absolute atomic E-state index is 13.8. The molecule has 9 heteroatoms. The average Bonchev–Trinajstić information content (AvgIpc) is 2.99. The van der Waals surface area contributed by atoms with E-state index in [9.17, 15) is 18.5 Å². The van der Waals surface area contributed by atoms with Crippen molar-refractivity contribution in [1.82, 2.24) is 19.8 Å². The molecule has 0 saturated carbocycles. The summed E-state index contributed by atoms with van der Waals surface area (Å²) >= 11 is 0. The fraction of sp³-hybridized carbons (Fsp3) is 0.250. The van der Waals surface area contributed by atoms with Gasteiger partial charge >= 0.3 is 0 Å². The predicted molar refractivity (Wildman–Crippen MR) is 84.1 cm³/mol. The van der Waals surface area contributed by atoms with E-state index in [0.29, 0.717) is 17.5 Å². The Labute approximate surface area is 140 Å². The van der Waals surface area contributed by atoms with Gasteiger partial charge in [0.2, 0.25) is 0 Å². The molecule has 0 saturated heterocycles. The Balaban J connectivity index is 2.05. The quantitative estimate of drug-likeness (QED) is 0.523. The SMILES string of the molecule is CC(C)c1nnc2ccc(C(N=O)C(=O)c3ccc(F)cc3F)nn12. The summed E-state index contributed by atoms with van der Waals surface area (Å²) in [5, 5.41) is 14.9. The predicted octanol–water partition coefficient (Wildman–Crippen LogP) is 3.22. The lowest BCUT2D eigenvalue weighted by molar-refractivity contribution is 0.0955. The largest absolute Gasteiger partial charge is 0.291 e. The van der Waals surface area contributed by atoms with Gasteiger partial charge < -0.3 is 0 Å². The van der Waals surface area contributed by atoms with Crippen LogP contribution in [0.1, 0.15) is 47.7 Å². The first-order valence-electron chi connectivity index (χ1n) is 7.46. The number of ketones is 1. The molecule has 2 aromatic heterocycles. The highest BCUT2D eigenvalue weighted by Gasteiger charge is 2.28. The molecule has 0 N–H and O–H groups in total. The van der Waals surface area contributed by atoms with Gasteiger partial charge in [-0.15, -0.1) is 15.1 Å². The van der Waals surface area contributed by atoms with E-state index in [2.05, 4.69) is 20.5 Å². The number of carbonyl (C=O) groups excluding carboxylic acids is 1. The molecule has 7 nitrogen and oxygen atoms in total. The Bertz CT molecular complexity index is 970. The Morgan fingerprint density at radius 2 is 1.92 bits per heavy atom. The normalized spacial score (nSPS) is 12.5. The van der Waals surface area contributed by atoms with E-state index in [-0.39, 0.29) is 11.6 Å². The standard InChI is InChI=1S/C16H13F2N5O2/c1-8(2)16-20-19-13-6-5-12(21-23(13)16)14(22-25)15(24)10-4-3-9(17)7-11(10)18/h3-8,14H,1-2H3. The van der Waals surface area contributed by atoms with Crippen molar-refractivity contribution in [3.05, 3.63) is 64.0 Å². The molecule has 0 bridgehead atoms. The number of carbonyl (C=O) groups is 1. The van der Waals surface area contributed by atoms with Crippen LogP contribution in [0, 0.1) is 16.5 Å². The third-order valence-corrected chi connectivity index (χ3v) is 3.65. The summed E-state index contributed by atoms with van der Waals surface area (Å²) in [5.41, 5.74) is 0.0381. The summed E-state index contributed by atoms with van der Waals surface area (Å²) in [4.78, 5) is 23.7. The molecular weight excluding hydrogens is 332 g/mol. The fourth-order valence-electron chi connectivity index (χ4n) is 2.40. The molecule has 1 atom stereocenters. The molecule has 0 aliphatic heterocycles. The smallest absolute Gasteiger partial charge is 0.200 e. The summed E-state index contributed by atoms with van der Waals surface area (Å²) in [6.07, 6.45) is 0. The van der Waals surface area contributed by atoms with E-state index < -0.39 is 29.0 Å². The summed E-state index contributed by atoms with van der Waals surface area (Å²) in [7, 11) is 0. The van der Waals surface area contributed by atoms with E-state index in [1.54, 1.807) is 0 Å². The van der Waals surface area contributed by atoms with Crippen molar-refractivity contribution < 1.29 is 13.6 Å². The van der Waals surface area contributed by atoms with Crippen molar-refractivity contribution in [2.75, 3.05) is 0 Å². The monoisotopic (exact) mass is 345 g/mol. The zero-order valence-corrected chi connectivity index (χ0v) is 13.3. The number of halogens is 2. The third kappa shape index (κ3) is 3.00. The van der Waals surface area contributed by atoms with Gasteiger partial charge in [0, 0.05) is 12.0 Å². The molecule has 0 spiro atoms. The number of hydrogen-bond acceptors (Lipinski definition) is 6. The zero-order valence-electron chi connectivity index (χ0n) is 13.3. The van der Waals surface area contributed by atoms with Crippen LogP contribution in [0.25, 0.3) is 5.65 Å². The van der Waals surface area contributed by atoms with Gasteiger partial charge in [-0.2, -0.15) is 9.61 Å². The molecule has 0 amide bonds. The van der Waals surface area contributed by atoms with Crippen LogP contribution in [0.5, 0.6) is 0 Å². The van der Waals surface area contributed by atoms with Gasteiger partial charge in [-0.3, -0.25) is 4.79 Å². The maximum atomic E-state index is 13.8. The summed E-state index contributed by atoms with van der Waals surface area (Å²) < 4.78 is 28.3. The Morgan fingerprint density at radius 1 is 1.16 bits per heavy atom. The minimum absolute atomic E-state index is 0.00522. The molecule has 0 radical (unpaired) electrons. The Kier molecular flexibility index (Phi) is 4.30. The van der Waals surface area contributed by atoms with Crippen molar-refractivity contribution in [2.45, 2.75) is 25.8 Å². The topological polar surface area (TPSA) is 89.6 Å². The van der Waals surface area contributed by atoms with E-state index in [4.69, 9.17) is 0 Å². The van der Waals surface area contributed by atoms with Gasteiger partial charge in [0.1, 0.15) is 11.6 Å². The van der Waals surface area contributed by atoms with Crippen LogP contribution in [0.3, 0.4) is 0 Å². The van der Waals surface area contributed by atoms with Crippen LogP contribution >= 0.6 is 0 Å². The van der Waals surface area contributed by atoms with Crippen LogP contribution < -0.4 is 0 Å². The van der Waals surface area contributed by atoms with Crippen molar-refractivity contribution in [3.8, 4) is 0 Å². The van der Waals surface area contributed by atoms with Crippen LogP contribution in [0.15, 0.2) is 35.5 Å². The molecule has 25 heavy (non-hydrogen) atoms. The first-order valence-corrected chi connectivity index (χ1v) is 7.46. The molecule has 3 rings (SSSR count). The van der Waals surface area contributed by atoms with Crippen LogP contribution in [0.4, 0.5) is 8.78 Å². The lowest BCUT2D eigenvalue weighted by atomic mass is 10.0. The second kappa shape index (κ2) is 6.42. The lowest BCUT2D eigenvalue weighted by Crippen LogP contribution is -2.15. The zero-order chi connectivity index (χ0) is 18.1. The summed E-state index contributed by atoms with van der Waals surface area (Å²) in [5.74, 6) is -2.24. The van der Waals surface area contributed by atoms with E-state index in [0.717, 1.165) is 12.1 Å². The van der Waals surface area contributed by atoms with Crippen LogP contribution in [-0.2, 0) is 0 Å². The second-order valence-electron chi connectivity index (χ2n) is 5.74. The fourth-order valence-corrected chi connectivity index (χ4v) is 2.40. The van der Waals surface area contributed by atoms with Crippen molar-refractivity contribution in [2.24, 2.45) is 5.18 Å². The lowest BCUT2D eigenvalue weighted by Gasteiger charge is -2.10. The third-order valence-electron chi connectivity index (χ3n) is 3.65. The number of hydrogen-bond donors (Lipinski definition) is 0. The molecule has 3 aromatic rings. The number of nitrogens with zero attached hydrogens (tertiary/aromatic N) is 5. The van der Waals surface area contributed by atoms with Gasteiger partial charge in [0.15, 0.2) is 23.3 Å². The van der Waals surface area contributed by atoms with Gasteiger partial charge in [-0.1, -0.05) is 19.0 Å². The first-order chi connectivity index (χ1) is 11.9. The van der Waals surface area contributed by atoms with Gasteiger partial charge in [0.05, 0.1) is 11.3 Å². The van der Waals surface area contributed by atoms with E-state index in [1.807, 2.05) is 13.8 Å². The molecule has 1 unspecified atom stereocenters. The van der Waals surface area contributed by atoms with Crippen molar-refractivity contribution in [1.29, 1.82) is 0 Å². The number of nitroso groups, excluding NO2 is 1. The van der Waals surface area contributed by atoms with Gasteiger partial charge in [-0.05, 0) is 24.3 Å². The van der Waals surface area contributed by atoms with Gasteiger partial charge in [-0.25, -0.2) is 8.78 Å². The van der Waals surface area contributed by atoms with Crippen LogP contribution in [-0.4, -0.2) is 25.6 Å². The van der Waals surface area contributed by atoms with E-state index >= 15 is 0 Å². The van der Waals surface area contributed by atoms with Crippen molar-refractivity contribution in [3.63, 3.8) is 0 Å². The number of Topliss-reactive ketones (excluding diaryl/α,β-unsaturated/α-hetero) is 1. The molecule has 0 fully saturated rings. The number of rotatable bonds is 5. The van der Waals surface area contributed by atoms with Crippen LogP contribution in [0.2, 0.25) is 0 Å². The number of fused-ring (bicyclic) bond motifs is 1. The van der Waals surface area contributed by atoms with Crippen molar-refractivity contribution >= 4 is 11.4 Å². The Morgan fingerprint density at radius 3 is 2.56 bits per heavy atom. The minimum Gasteiger partial charge on any atom is -0.291 e. The maximum Gasteiger partial charge on any atom is 0.200 e. The average molecular weight is 345 g/mol. The second-order valence-corrected chi connectivity index (χ2v) is 5.74. The molecule has 128 valence electrons. The number of benzene rings is 1. The highest BCUT2D eigenvalue weighted by Crippen LogP contribution is 2.24.